The maximum absolute atomic E-state index is 11.4. The molecular formula is C14H17NO3S. The van der Waals surface area contributed by atoms with Crippen molar-refractivity contribution >= 4 is 9.84 Å². The van der Waals surface area contributed by atoms with E-state index in [4.69, 9.17) is 10.2 Å². The first-order valence-corrected chi connectivity index (χ1v) is 7.80. The zero-order valence-corrected chi connectivity index (χ0v) is 12.0. The smallest absolute Gasteiger partial charge is 0.175 e. The molecule has 2 rings (SSSR count). The summed E-state index contributed by atoms with van der Waals surface area (Å²) in [6, 6.07) is 8.22. The van der Waals surface area contributed by atoms with Crippen molar-refractivity contribution in [3.8, 4) is 0 Å². The van der Waals surface area contributed by atoms with Gasteiger partial charge in [0.25, 0.3) is 0 Å². The van der Waals surface area contributed by atoms with E-state index in [-0.39, 0.29) is 6.04 Å². The summed E-state index contributed by atoms with van der Waals surface area (Å²) in [5.41, 5.74) is 7.96. The zero-order chi connectivity index (χ0) is 14.2. The molecule has 0 aliphatic carbocycles. The highest BCUT2D eigenvalue weighted by Crippen LogP contribution is 2.26. The topological polar surface area (TPSA) is 73.3 Å². The highest BCUT2D eigenvalue weighted by Gasteiger charge is 2.16. The standard InChI is InChI=1S/C14H17NO3S/c1-9-8-13(10(2)18-9)14(15)11-4-6-12(7-5-11)19(3,16)17/h4-8,14H,15H2,1-3H3. The molecule has 0 amide bonds. The summed E-state index contributed by atoms with van der Waals surface area (Å²) in [6.45, 7) is 3.74. The van der Waals surface area contributed by atoms with E-state index in [2.05, 4.69) is 0 Å². The fraction of sp³-hybridized carbons (Fsp3) is 0.286. The number of furan rings is 1. The van der Waals surface area contributed by atoms with E-state index >= 15 is 0 Å². The normalized spacial score (nSPS) is 13.5. The van der Waals surface area contributed by atoms with Crippen LogP contribution in [0.1, 0.15) is 28.7 Å². The van der Waals surface area contributed by atoms with Crippen LogP contribution >= 0.6 is 0 Å². The summed E-state index contributed by atoms with van der Waals surface area (Å²) >= 11 is 0. The number of benzene rings is 1. The summed E-state index contributed by atoms with van der Waals surface area (Å²) in [5, 5.41) is 0. The largest absolute Gasteiger partial charge is 0.466 e. The van der Waals surface area contributed by atoms with Gasteiger partial charge in [0.15, 0.2) is 9.84 Å². The lowest BCUT2D eigenvalue weighted by atomic mass is 10.0. The molecular weight excluding hydrogens is 262 g/mol. The third-order valence-electron chi connectivity index (χ3n) is 3.08. The van der Waals surface area contributed by atoms with Crippen molar-refractivity contribution in [2.75, 3.05) is 6.26 Å². The van der Waals surface area contributed by atoms with E-state index < -0.39 is 9.84 Å². The van der Waals surface area contributed by atoms with Crippen LogP contribution in [0.15, 0.2) is 39.6 Å². The van der Waals surface area contributed by atoms with Crippen molar-refractivity contribution < 1.29 is 12.8 Å². The number of rotatable bonds is 3. The summed E-state index contributed by atoms with van der Waals surface area (Å²) < 4.78 is 28.2. The van der Waals surface area contributed by atoms with Gasteiger partial charge in [0, 0.05) is 11.8 Å². The molecule has 102 valence electrons. The van der Waals surface area contributed by atoms with Crippen molar-refractivity contribution in [1.82, 2.24) is 0 Å². The number of hydrogen-bond acceptors (Lipinski definition) is 4. The van der Waals surface area contributed by atoms with Crippen LogP contribution in [0, 0.1) is 13.8 Å². The highest BCUT2D eigenvalue weighted by molar-refractivity contribution is 7.90. The van der Waals surface area contributed by atoms with Crippen LogP contribution < -0.4 is 5.73 Å². The van der Waals surface area contributed by atoms with E-state index in [1.165, 1.54) is 6.26 Å². The molecule has 0 spiro atoms. The lowest BCUT2D eigenvalue weighted by Gasteiger charge is -2.11. The Bertz CT molecular complexity index is 684. The Morgan fingerprint density at radius 3 is 2.16 bits per heavy atom. The second kappa shape index (κ2) is 4.83. The van der Waals surface area contributed by atoms with Crippen molar-refractivity contribution in [2.45, 2.75) is 24.8 Å². The molecule has 0 aliphatic rings. The van der Waals surface area contributed by atoms with Gasteiger partial charge in [-0.1, -0.05) is 12.1 Å². The molecule has 1 aromatic heterocycles. The van der Waals surface area contributed by atoms with Crippen LogP contribution in [0.5, 0.6) is 0 Å². The summed E-state index contributed by atoms with van der Waals surface area (Å²) in [6.07, 6.45) is 1.19. The monoisotopic (exact) mass is 279 g/mol. The van der Waals surface area contributed by atoms with E-state index in [9.17, 15) is 8.42 Å². The van der Waals surface area contributed by atoms with Gasteiger partial charge in [0.1, 0.15) is 11.5 Å². The fourth-order valence-corrected chi connectivity index (χ4v) is 2.69. The maximum Gasteiger partial charge on any atom is 0.175 e. The lowest BCUT2D eigenvalue weighted by molar-refractivity contribution is 0.499. The Morgan fingerprint density at radius 1 is 1.16 bits per heavy atom. The van der Waals surface area contributed by atoms with Gasteiger partial charge in [0.05, 0.1) is 10.9 Å². The molecule has 1 aromatic carbocycles. The van der Waals surface area contributed by atoms with Crippen LogP contribution in [-0.2, 0) is 9.84 Å². The molecule has 4 nitrogen and oxygen atoms in total. The van der Waals surface area contributed by atoms with Gasteiger partial charge in [-0.05, 0) is 37.6 Å². The van der Waals surface area contributed by atoms with Crippen molar-refractivity contribution in [3.63, 3.8) is 0 Å². The van der Waals surface area contributed by atoms with Gasteiger partial charge >= 0.3 is 0 Å². The Kier molecular flexibility index (Phi) is 3.52. The molecule has 1 atom stereocenters. The van der Waals surface area contributed by atoms with Gasteiger partial charge in [-0.3, -0.25) is 0 Å². The predicted molar refractivity (Wildman–Crippen MR) is 73.8 cm³/mol. The van der Waals surface area contributed by atoms with Gasteiger partial charge < -0.3 is 10.2 Å². The highest BCUT2D eigenvalue weighted by atomic mass is 32.2. The molecule has 2 aromatic rings. The molecule has 2 N–H and O–H groups in total. The first-order chi connectivity index (χ1) is 8.79. The van der Waals surface area contributed by atoms with Crippen molar-refractivity contribution in [1.29, 1.82) is 0 Å². The van der Waals surface area contributed by atoms with Gasteiger partial charge in [-0.25, -0.2) is 8.42 Å². The van der Waals surface area contributed by atoms with Gasteiger partial charge in [-0.2, -0.15) is 0 Å². The van der Waals surface area contributed by atoms with E-state index in [0.29, 0.717) is 4.90 Å². The number of aryl methyl sites for hydroxylation is 2. The Hall–Kier alpha value is -1.59. The van der Waals surface area contributed by atoms with Crippen LogP contribution in [0.25, 0.3) is 0 Å². The fourth-order valence-electron chi connectivity index (χ4n) is 2.06. The first kappa shape index (κ1) is 13.8. The van der Waals surface area contributed by atoms with Crippen LogP contribution in [0.2, 0.25) is 0 Å². The molecule has 0 aliphatic heterocycles. The van der Waals surface area contributed by atoms with Crippen LogP contribution in [0.3, 0.4) is 0 Å². The summed E-state index contributed by atoms with van der Waals surface area (Å²) in [5.74, 6) is 1.60. The minimum Gasteiger partial charge on any atom is -0.466 e. The SMILES string of the molecule is Cc1cc(C(N)c2ccc(S(C)(=O)=O)cc2)c(C)o1. The van der Waals surface area contributed by atoms with Crippen LogP contribution in [0.4, 0.5) is 0 Å². The second-order valence-electron chi connectivity index (χ2n) is 4.69. The second-order valence-corrected chi connectivity index (χ2v) is 6.70. The third-order valence-corrected chi connectivity index (χ3v) is 4.21. The molecule has 19 heavy (non-hydrogen) atoms. The molecule has 0 fully saturated rings. The Balaban J connectivity index is 2.35. The Labute approximate surface area is 113 Å². The maximum atomic E-state index is 11.4. The third kappa shape index (κ3) is 2.88. The first-order valence-electron chi connectivity index (χ1n) is 5.91. The minimum absolute atomic E-state index is 0.295. The summed E-state index contributed by atoms with van der Waals surface area (Å²) in [4.78, 5) is 0.295. The van der Waals surface area contributed by atoms with Crippen molar-refractivity contribution in [2.24, 2.45) is 5.73 Å². The molecule has 0 saturated carbocycles. The molecule has 0 bridgehead atoms. The van der Waals surface area contributed by atoms with E-state index in [1.807, 2.05) is 19.9 Å². The number of nitrogens with two attached hydrogens (primary N) is 1. The van der Waals surface area contributed by atoms with Gasteiger partial charge in [-0.15, -0.1) is 0 Å². The zero-order valence-electron chi connectivity index (χ0n) is 11.2. The lowest BCUT2D eigenvalue weighted by Crippen LogP contribution is -2.12. The number of sulfone groups is 1. The van der Waals surface area contributed by atoms with Crippen molar-refractivity contribution in [3.05, 3.63) is 53.0 Å². The summed E-state index contributed by atoms with van der Waals surface area (Å²) in [7, 11) is -3.17. The Morgan fingerprint density at radius 2 is 1.74 bits per heavy atom. The van der Waals surface area contributed by atoms with E-state index in [1.54, 1.807) is 24.3 Å². The van der Waals surface area contributed by atoms with Gasteiger partial charge in [0.2, 0.25) is 0 Å². The van der Waals surface area contributed by atoms with E-state index in [0.717, 1.165) is 22.6 Å². The molecule has 1 heterocycles. The quantitative estimate of drug-likeness (QED) is 0.936. The number of hydrogen-bond donors (Lipinski definition) is 1. The predicted octanol–water partition coefficient (Wildman–Crippen LogP) is 2.35. The van der Waals surface area contributed by atoms with Crippen LogP contribution in [-0.4, -0.2) is 14.7 Å². The molecule has 0 saturated heterocycles. The molecule has 0 radical (unpaired) electrons. The average molecular weight is 279 g/mol. The average Bonchev–Trinajstić information content (AvgIpc) is 2.66. The molecule has 1 unspecified atom stereocenters. The molecule has 5 heteroatoms. The minimum atomic E-state index is -3.17.